The lowest BCUT2D eigenvalue weighted by molar-refractivity contribution is 0.342. The van der Waals surface area contributed by atoms with Crippen LogP contribution in [0.5, 0.6) is 0 Å². The van der Waals surface area contributed by atoms with Gasteiger partial charge in [0.15, 0.2) is 0 Å². The van der Waals surface area contributed by atoms with Gasteiger partial charge in [0.25, 0.3) is 0 Å². The fourth-order valence-electron chi connectivity index (χ4n) is 3.55. The summed E-state index contributed by atoms with van der Waals surface area (Å²) < 4.78 is 5.77. The average molecular weight is 368 g/mol. The van der Waals surface area contributed by atoms with Crippen molar-refractivity contribution in [1.82, 2.24) is 5.16 Å². The molecule has 140 valence electrons. The lowest BCUT2D eigenvalue weighted by Crippen LogP contribution is -2.19. The molecule has 0 aliphatic rings. The van der Waals surface area contributed by atoms with E-state index in [2.05, 4.69) is 91.1 Å². The lowest BCUT2D eigenvalue weighted by Gasteiger charge is -2.24. The van der Waals surface area contributed by atoms with Crippen LogP contribution in [0.1, 0.15) is 25.2 Å². The van der Waals surface area contributed by atoms with Gasteiger partial charge in [-0.1, -0.05) is 78.0 Å². The molecule has 0 bridgehead atoms. The Hall–Kier alpha value is -3.33. The Labute approximate surface area is 166 Å². The quantitative estimate of drug-likeness (QED) is 0.444. The van der Waals surface area contributed by atoms with E-state index in [1.807, 2.05) is 25.2 Å². The van der Waals surface area contributed by atoms with E-state index in [1.54, 1.807) is 0 Å². The number of anilines is 1. The third kappa shape index (κ3) is 3.31. The number of hydrogen-bond donors (Lipinski definition) is 1. The molecule has 0 radical (unpaired) electrons. The second-order valence-corrected chi connectivity index (χ2v) is 7.44. The summed E-state index contributed by atoms with van der Waals surface area (Å²) >= 11 is 0. The molecule has 1 aromatic heterocycles. The predicted octanol–water partition coefficient (Wildman–Crippen LogP) is 6.38. The smallest absolute Gasteiger partial charge is 0.147 e. The summed E-state index contributed by atoms with van der Waals surface area (Å²) in [6.07, 6.45) is 0. The largest absolute Gasteiger partial charge is 0.388 e. The second kappa shape index (κ2) is 7.35. The third-order valence-electron chi connectivity index (χ3n) is 5.28. The van der Waals surface area contributed by atoms with E-state index in [0.717, 1.165) is 22.7 Å². The number of benzene rings is 3. The average Bonchev–Trinajstić information content (AvgIpc) is 3.26. The molecule has 1 heterocycles. The standard InChI is InChI=1S/C25H24N2O/c1-25(2,21-11-7-8-12-22(21)26-3)24-17-23(27-28-24)20-15-13-19(14-16-20)18-9-5-4-6-10-18/h4-17,26H,1-3H3. The van der Waals surface area contributed by atoms with E-state index in [-0.39, 0.29) is 5.41 Å². The molecule has 28 heavy (non-hydrogen) atoms. The highest BCUT2D eigenvalue weighted by molar-refractivity contribution is 5.69. The highest BCUT2D eigenvalue weighted by Gasteiger charge is 2.30. The molecule has 3 heteroatoms. The summed E-state index contributed by atoms with van der Waals surface area (Å²) in [4.78, 5) is 0. The first-order valence-corrected chi connectivity index (χ1v) is 9.50. The van der Waals surface area contributed by atoms with Crippen LogP contribution in [0.2, 0.25) is 0 Å². The Morgan fingerprint density at radius 3 is 2.07 bits per heavy atom. The minimum absolute atomic E-state index is 0.297. The first-order valence-electron chi connectivity index (χ1n) is 9.50. The van der Waals surface area contributed by atoms with Gasteiger partial charge in [0.2, 0.25) is 0 Å². The van der Waals surface area contributed by atoms with E-state index in [0.29, 0.717) is 0 Å². The number of nitrogens with zero attached hydrogens (tertiary/aromatic N) is 1. The highest BCUT2D eigenvalue weighted by atomic mass is 16.5. The van der Waals surface area contributed by atoms with Gasteiger partial charge in [0.1, 0.15) is 11.5 Å². The van der Waals surface area contributed by atoms with Crippen molar-refractivity contribution in [3.05, 3.63) is 96.3 Å². The normalized spacial score (nSPS) is 11.4. The zero-order valence-corrected chi connectivity index (χ0v) is 16.4. The summed E-state index contributed by atoms with van der Waals surface area (Å²) in [6, 6.07) is 29.2. The Bertz CT molecular complexity index is 1060. The van der Waals surface area contributed by atoms with E-state index >= 15 is 0 Å². The summed E-state index contributed by atoms with van der Waals surface area (Å²) in [7, 11) is 1.94. The van der Waals surface area contributed by atoms with Crippen molar-refractivity contribution in [3.8, 4) is 22.4 Å². The van der Waals surface area contributed by atoms with Crippen LogP contribution in [0.4, 0.5) is 5.69 Å². The molecule has 4 aromatic rings. The first kappa shape index (κ1) is 18.1. The molecule has 0 spiro atoms. The zero-order chi connectivity index (χ0) is 19.6. The highest BCUT2D eigenvalue weighted by Crippen LogP contribution is 2.37. The Morgan fingerprint density at radius 2 is 1.36 bits per heavy atom. The SMILES string of the molecule is CNc1ccccc1C(C)(C)c1cc(-c2ccc(-c3ccccc3)cc2)no1. The summed E-state index contributed by atoms with van der Waals surface area (Å²) in [5, 5.41) is 7.61. The van der Waals surface area contributed by atoms with Crippen LogP contribution >= 0.6 is 0 Å². The molecule has 1 N–H and O–H groups in total. The van der Waals surface area contributed by atoms with Gasteiger partial charge < -0.3 is 9.84 Å². The van der Waals surface area contributed by atoms with E-state index in [1.165, 1.54) is 16.7 Å². The third-order valence-corrected chi connectivity index (χ3v) is 5.28. The van der Waals surface area contributed by atoms with Crippen molar-refractivity contribution in [1.29, 1.82) is 0 Å². The van der Waals surface area contributed by atoms with Crippen molar-refractivity contribution >= 4 is 5.69 Å². The van der Waals surface area contributed by atoms with Crippen LogP contribution in [-0.2, 0) is 5.41 Å². The van der Waals surface area contributed by atoms with Crippen molar-refractivity contribution in [2.24, 2.45) is 0 Å². The number of rotatable bonds is 5. The summed E-state index contributed by atoms with van der Waals surface area (Å²) in [6.45, 7) is 4.32. The molecule has 0 amide bonds. The van der Waals surface area contributed by atoms with Crippen LogP contribution in [0.15, 0.2) is 89.5 Å². The fraction of sp³-hybridized carbons (Fsp3) is 0.160. The van der Waals surface area contributed by atoms with Crippen LogP contribution in [-0.4, -0.2) is 12.2 Å². The minimum Gasteiger partial charge on any atom is -0.388 e. The van der Waals surface area contributed by atoms with E-state index in [9.17, 15) is 0 Å². The van der Waals surface area contributed by atoms with Gasteiger partial charge >= 0.3 is 0 Å². The zero-order valence-electron chi connectivity index (χ0n) is 16.4. The van der Waals surface area contributed by atoms with Crippen LogP contribution in [0, 0.1) is 0 Å². The van der Waals surface area contributed by atoms with Gasteiger partial charge in [-0.05, 0) is 36.6 Å². The molecule has 3 aromatic carbocycles. The number of hydrogen-bond acceptors (Lipinski definition) is 3. The van der Waals surface area contributed by atoms with Gasteiger partial charge in [-0.3, -0.25) is 0 Å². The van der Waals surface area contributed by atoms with Crippen LogP contribution in [0.3, 0.4) is 0 Å². The topological polar surface area (TPSA) is 38.1 Å². The molecule has 0 saturated carbocycles. The van der Waals surface area contributed by atoms with Crippen LogP contribution in [0.25, 0.3) is 22.4 Å². The Kier molecular flexibility index (Phi) is 4.74. The molecule has 0 saturated heterocycles. The molecule has 0 aliphatic heterocycles. The van der Waals surface area contributed by atoms with E-state index < -0.39 is 0 Å². The number of para-hydroxylation sites is 1. The molecule has 4 rings (SSSR count). The Morgan fingerprint density at radius 1 is 0.750 bits per heavy atom. The van der Waals surface area contributed by atoms with Crippen LogP contribution < -0.4 is 5.32 Å². The molecule has 3 nitrogen and oxygen atoms in total. The van der Waals surface area contributed by atoms with E-state index in [4.69, 9.17) is 4.52 Å². The van der Waals surface area contributed by atoms with Gasteiger partial charge in [0.05, 0.1) is 5.41 Å². The van der Waals surface area contributed by atoms with Gasteiger partial charge in [-0.25, -0.2) is 0 Å². The maximum atomic E-state index is 5.77. The lowest BCUT2D eigenvalue weighted by atomic mass is 9.81. The molecular weight excluding hydrogens is 344 g/mol. The van der Waals surface area contributed by atoms with Crippen molar-refractivity contribution < 1.29 is 4.52 Å². The Balaban J connectivity index is 1.64. The molecule has 0 atom stereocenters. The fourth-order valence-corrected chi connectivity index (χ4v) is 3.55. The van der Waals surface area contributed by atoms with Crippen molar-refractivity contribution in [3.63, 3.8) is 0 Å². The monoisotopic (exact) mass is 368 g/mol. The summed E-state index contributed by atoms with van der Waals surface area (Å²) in [5.41, 5.74) is 6.28. The molecule has 0 unspecified atom stereocenters. The molecular formula is C25H24N2O. The number of nitrogens with one attached hydrogen (secondary N) is 1. The summed E-state index contributed by atoms with van der Waals surface area (Å²) in [5.74, 6) is 0.845. The first-order chi connectivity index (χ1) is 13.6. The second-order valence-electron chi connectivity index (χ2n) is 7.44. The molecule has 0 aliphatic carbocycles. The maximum Gasteiger partial charge on any atom is 0.147 e. The minimum atomic E-state index is -0.297. The van der Waals surface area contributed by atoms with Crippen molar-refractivity contribution in [2.45, 2.75) is 19.3 Å². The van der Waals surface area contributed by atoms with Gasteiger partial charge in [-0.2, -0.15) is 0 Å². The number of aromatic nitrogens is 1. The van der Waals surface area contributed by atoms with Gasteiger partial charge in [-0.15, -0.1) is 0 Å². The van der Waals surface area contributed by atoms with Gasteiger partial charge in [0, 0.05) is 24.4 Å². The molecule has 0 fully saturated rings. The van der Waals surface area contributed by atoms with Crippen molar-refractivity contribution in [2.75, 3.05) is 12.4 Å². The maximum absolute atomic E-state index is 5.77. The predicted molar refractivity (Wildman–Crippen MR) is 115 cm³/mol.